The van der Waals surface area contributed by atoms with E-state index in [9.17, 15) is 10.1 Å². The Kier molecular flexibility index (Phi) is 3.23. The smallest absolute Gasteiger partial charge is 0.258 e. The van der Waals surface area contributed by atoms with Crippen LogP contribution < -0.4 is 0 Å². The maximum absolute atomic E-state index is 11.3. The van der Waals surface area contributed by atoms with Gasteiger partial charge in [-0.3, -0.25) is 15.1 Å². The number of aromatic nitrogens is 3. The van der Waals surface area contributed by atoms with Gasteiger partial charge in [-0.1, -0.05) is 24.3 Å². The lowest BCUT2D eigenvalue weighted by Gasteiger charge is -2.07. The van der Waals surface area contributed by atoms with Crippen molar-refractivity contribution in [2.24, 2.45) is 0 Å². The van der Waals surface area contributed by atoms with Gasteiger partial charge in [0.25, 0.3) is 0 Å². The molecule has 7 heteroatoms. The lowest BCUT2D eigenvalue weighted by molar-refractivity contribution is -0.385. The second-order valence-corrected chi connectivity index (χ2v) is 4.75. The van der Waals surface area contributed by atoms with E-state index in [0.717, 1.165) is 5.39 Å². The molecule has 3 aromatic rings. The highest BCUT2D eigenvalue weighted by Crippen LogP contribution is 2.34. The van der Waals surface area contributed by atoms with Crippen LogP contribution in [0.1, 0.15) is 5.69 Å². The summed E-state index contributed by atoms with van der Waals surface area (Å²) < 4.78 is 0. The maximum atomic E-state index is 11.3. The molecule has 1 aromatic carbocycles. The zero-order valence-corrected chi connectivity index (χ0v) is 11.7. The molecule has 0 saturated heterocycles. The van der Waals surface area contributed by atoms with Gasteiger partial charge in [0.1, 0.15) is 5.69 Å². The number of pyridine rings is 1. The fourth-order valence-electron chi connectivity index (χ4n) is 2.23. The van der Waals surface area contributed by atoms with Gasteiger partial charge in [-0.2, -0.15) is 0 Å². The van der Waals surface area contributed by atoms with E-state index in [0.29, 0.717) is 11.1 Å². The van der Waals surface area contributed by atoms with Gasteiger partial charge >= 0.3 is 5.69 Å². The molecular formula is C14H9ClN4O2. The van der Waals surface area contributed by atoms with E-state index in [1.54, 1.807) is 24.4 Å². The fraction of sp³-hybridized carbons (Fsp3) is 0.0714. The number of hydrogen-bond donors (Lipinski definition) is 0. The molecule has 0 saturated carbocycles. The van der Waals surface area contributed by atoms with Gasteiger partial charge in [-0.25, -0.2) is 9.97 Å². The average Bonchev–Trinajstić information content (AvgIpc) is 2.45. The normalized spacial score (nSPS) is 10.8. The Labute approximate surface area is 124 Å². The molecule has 3 rings (SSSR count). The predicted molar refractivity (Wildman–Crippen MR) is 79.2 cm³/mol. The Bertz CT molecular complexity index is 861. The van der Waals surface area contributed by atoms with Crippen LogP contribution in [-0.4, -0.2) is 19.9 Å². The highest BCUT2D eigenvalue weighted by molar-refractivity contribution is 6.28. The van der Waals surface area contributed by atoms with Crippen molar-refractivity contribution < 1.29 is 4.92 Å². The lowest BCUT2D eigenvalue weighted by Crippen LogP contribution is -2.01. The van der Waals surface area contributed by atoms with E-state index in [2.05, 4.69) is 15.0 Å². The van der Waals surface area contributed by atoms with Crippen molar-refractivity contribution in [1.29, 1.82) is 0 Å². The quantitative estimate of drug-likeness (QED) is 0.410. The van der Waals surface area contributed by atoms with Gasteiger partial charge < -0.3 is 0 Å². The highest BCUT2D eigenvalue weighted by Gasteiger charge is 2.24. The molecule has 0 amide bonds. The summed E-state index contributed by atoms with van der Waals surface area (Å²) in [4.78, 5) is 23.0. The van der Waals surface area contributed by atoms with E-state index in [-0.39, 0.29) is 22.4 Å². The molecule has 0 aliphatic carbocycles. The minimum Gasteiger partial charge on any atom is -0.258 e. The van der Waals surface area contributed by atoms with Crippen molar-refractivity contribution in [2.75, 3.05) is 0 Å². The molecule has 2 heterocycles. The van der Waals surface area contributed by atoms with Gasteiger partial charge in [0, 0.05) is 17.1 Å². The molecule has 0 unspecified atom stereocenters. The zero-order valence-electron chi connectivity index (χ0n) is 10.9. The SMILES string of the molecule is Cc1nc(Cl)nc(-c2cccc3cccnc23)c1[N+](=O)[O-]. The standard InChI is InChI=1S/C14H9ClN4O2/c1-8-13(19(20)21)12(18-14(15)17-8)10-6-2-4-9-5-3-7-16-11(9)10/h2-7H,1H3. The summed E-state index contributed by atoms with van der Waals surface area (Å²) in [6.45, 7) is 1.54. The Balaban J connectivity index is 2.41. The first-order valence-corrected chi connectivity index (χ1v) is 6.48. The lowest BCUT2D eigenvalue weighted by atomic mass is 10.0. The second kappa shape index (κ2) is 5.06. The Morgan fingerprint density at radius 2 is 1.95 bits per heavy atom. The van der Waals surface area contributed by atoms with E-state index < -0.39 is 4.92 Å². The number of rotatable bonds is 2. The molecule has 0 aliphatic rings. The molecule has 21 heavy (non-hydrogen) atoms. The first-order chi connectivity index (χ1) is 10.1. The van der Waals surface area contributed by atoms with Gasteiger partial charge in [0.15, 0.2) is 5.69 Å². The average molecular weight is 301 g/mol. The van der Waals surface area contributed by atoms with Crippen LogP contribution in [0, 0.1) is 17.0 Å². The Morgan fingerprint density at radius 1 is 1.19 bits per heavy atom. The highest BCUT2D eigenvalue weighted by atomic mass is 35.5. The number of nitro groups is 1. The summed E-state index contributed by atoms with van der Waals surface area (Å²) in [6, 6.07) is 9.11. The maximum Gasteiger partial charge on any atom is 0.316 e. The molecule has 0 N–H and O–H groups in total. The molecule has 0 fully saturated rings. The minimum absolute atomic E-state index is 0.0268. The Morgan fingerprint density at radius 3 is 2.71 bits per heavy atom. The number of fused-ring (bicyclic) bond motifs is 1. The van der Waals surface area contributed by atoms with Crippen LogP contribution in [0.25, 0.3) is 22.2 Å². The molecule has 104 valence electrons. The topological polar surface area (TPSA) is 81.8 Å². The summed E-state index contributed by atoms with van der Waals surface area (Å²) in [5.74, 6) is 0. The predicted octanol–water partition coefficient (Wildman–Crippen LogP) is 3.56. The largest absolute Gasteiger partial charge is 0.316 e. The fourth-order valence-corrected chi connectivity index (χ4v) is 2.45. The first-order valence-electron chi connectivity index (χ1n) is 6.10. The molecular weight excluding hydrogens is 292 g/mol. The third kappa shape index (κ3) is 2.30. The minimum atomic E-state index is -0.497. The van der Waals surface area contributed by atoms with Crippen molar-refractivity contribution in [1.82, 2.24) is 15.0 Å². The number of para-hydroxylation sites is 1. The molecule has 6 nitrogen and oxygen atoms in total. The van der Waals surface area contributed by atoms with Crippen LogP contribution in [0.15, 0.2) is 36.5 Å². The summed E-state index contributed by atoms with van der Waals surface area (Å²) in [7, 11) is 0. The van der Waals surface area contributed by atoms with E-state index in [1.165, 1.54) is 6.92 Å². The van der Waals surface area contributed by atoms with Crippen molar-refractivity contribution in [2.45, 2.75) is 6.92 Å². The van der Waals surface area contributed by atoms with Crippen molar-refractivity contribution in [3.05, 3.63) is 57.6 Å². The van der Waals surface area contributed by atoms with Crippen molar-refractivity contribution >= 4 is 28.2 Å². The molecule has 0 radical (unpaired) electrons. The van der Waals surface area contributed by atoms with Crippen LogP contribution in [0.2, 0.25) is 5.28 Å². The second-order valence-electron chi connectivity index (χ2n) is 4.41. The summed E-state index contributed by atoms with van der Waals surface area (Å²) >= 11 is 5.86. The van der Waals surface area contributed by atoms with Gasteiger partial charge in [-0.15, -0.1) is 0 Å². The first kappa shape index (κ1) is 13.4. The van der Waals surface area contributed by atoms with Crippen LogP contribution in [0.5, 0.6) is 0 Å². The van der Waals surface area contributed by atoms with Gasteiger partial charge in [0.05, 0.1) is 10.4 Å². The van der Waals surface area contributed by atoms with Crippen LogP contribution >= 0.6 is 11.6 Å². The van der Waals surface area contributed by atoms with Crippen LogP contribution in [0.3, 0.4) is 0 Å². The molecule has 0 aliphatic heterocycles. The van der Waals surface area contributed by atoms with Gasteiger partial charge in [-0.05, 0) is 24.6 Å². The Hall–Kier alpha value is -2.60. The number of benzene rings is 1. The third-order valence-corrected chi connectivity index (χ3v) is 3.27. The number of hydrogen-bond acceptors (Lipinski definition) is 5. The van der Waals surface area contributed by atoms with Gasteiger partial charge in [0.2, 0.25) is 5.28 Å². The molecule has 0 spiro atoms. The summed E-state index contributed by atoms with van der Waals surface area (Å²) in [5, 5.41) is 12.2. The van der Waals surface area contributed by atoms with Crippen molar-refractivity contribution in [3.63, 3.8) is 0 Å². The van der Waals surface area contributed by atoms with E-state index in [4.69, 9.17) is 11.6 Å². The van der Waals surface area contributed by atoms with E-state index >= 15 is 0 Å². The molecule has 0 bridgehead atoms. The van der Waals surface area contributed by atoms with Crippen molar-refractivity contribution in [3.8, 4) is 11.3 Å². The monoisotopic (exact) mass is 300 g/mol. The zero-order chi connectivity index (χ0) is 15.0. The third-order valence-electron chi connectivity index (χ3n) is 3.10. The number of aryl methyl sites for hydroxylation is 1. The molecule has 0 atom stereocenters. The summed E-state index contributed by atoms with van der Waals surface area (Å²) in [6.07, 6.45) is 1.63. The molecule has 2 aromatic heterocycles. The number of halogens is 1. The number of nitrogens with zero attached hydrogens (tertiary/aromatic N) is 4. The summed E-state index contributed by atoms with van der Waals surface area (Å²) in [5.41, 5.74) is 1.45. The van der Waals surface area contributed by atoms with Crippen LogP contribution in [0.4, 0.5) is 5.69 Å². The van der Waals surface area contributed by atoms with E-state index in [1.807, 2.05) is 12.1 Å². The van der Waals surface area contributed by atoms with Crippen LogP contribution in [-0.2, 0) is 0 Å².